The van der Waals surface area contributed by atoms with Crippen LogP contribution in [0.4, 0.5) is 0 Å². The van der Waals surface area contributed by atoms with Crippen molar-refractivity contribution in [2.45, 2.75) is 0 Å². The minimum Gasteiger partial charge on any atom is -0.497 e. The second-order valence-electron chi connectivity index (χ2n) is 3.70. The van der Waals surface area contributed by atoms with Crippen LogP contribution in [0.1, 0.15) is 10.4 Å². The Balaban J connectivity index is 2.43. The van der Waals surface area contributed by atoms with Crippen LogP contribution in [-0.4, -0.2) is 18.2 Å². The quantitative estimate of drug-likeness (QED) is 0.833. The normalized spacial score (nSPS) is 10.0. The zero-order valence-corrected chi connectivity index (χ0v) is 12.2. The van der Waals surface area contributed by atoms with Gasteiger partial charge in [0.05, 0.1) is 10.7 Å². The third-order valence-corrected chi connectivity index (χ3v) is 3.37. The lowest BCUT2D eigenvalue weighted by Gasteiger charge is -2.11. The number of rotatable bonds is 4. The Bertz CT molecular complexity index is 610. The Kier molecular flexibility index (Phi) is 4.26. The average Bonchev–Trinajstić information content (AvgIpc) is 2.41. The van der Waals surface area contributed by atoms with Gasteiger partial charge in [0, 0.05) is 6.07 Å². The molecular weight excluding hydrogens is 359 g/mol. The first-order valence-electron chi connectivity index (χ1n) is 5.45. The average molecular weight is 370 g/mol. The van der Waals surface area contributed by atoms with Crippen LogP contribution in [0.15, 0.2) is 42.5 Å². The summed E-state index contributed by atoms with van der Waals surface area (Å²) in [5, 5.41) is 9.15. The highest BCUT2D eigenvalue weighted by atomic mass is 127. The van der Waals surface area contributed by atoms with E-state index >= 15 is 0 Å². The number of benzene rings is 2. The van der Waals surface area contributed by atoms with E-state index in [9.17, 15) is 4.79 Å². The molecule has 19 heavy (non-hydrogen) atoms. The molecule has 98 valence electrons. The number of hydrogen-bond acceptors (Lipinski definition) is 3. The zero-order valence-electron chi connectivity index (χ0n) is 10.1. The van der Waals surface area contributed by atoms with Crippen molar-refractivity contribution in [1.82, 2.24) is 0 Å². The fourth-order valence-corrected chi connectivity index (χ4v) is 2.03. The molecule has 2 aromatic carbocycles. The fourth-order valence-electron chi connectivity index (χ4n) is 1.54. The van der Waals surface area contributed by atoms with Crippen molar-refractivity contribution in [3.05, 3.63) is 51.6 Å². The van der Waals surface area contributed by atoms with Gasteiger partial charge in [0.1, 0.15) is 22.8 Å². The molecule has 0 spiro atoms. The molecule has 4 nitrogen and oxygen atoms in total. The van der Waals surface area contributed by atoms with E-state index in [2.05, 4.69) is 22.6 Å². The number of carboxylic acid groups (broad SMARTS) is 1. The Morgan fingerprint density at radius 3 is 2.53 bits per heavy atom. The summed E-state index contributed by atoms with van der Waals surface area (Å²) in [5.41, 5.74) is 0.0976. The van der Waals surface area contributed by atoms with Gasteiger partial charge in [0.2, 0.25) is 0 Å². The number of methoxy groups -OCH3 is 1. The summed E-state index contributed by atoms with van der Waals surface area (Å²) < 4.78 is 11.7. The molecule has 0 fully saturated rings. The largest absolute Gasteiger partial charge is 0.497 e. The van der Waals surface area contributed by atoms with E-state index in [0.717, 1.165) is 3.57 Å². The second kappa shape index (κ2) is 5.92. The van der Waals surface area contributed by atoms with Crippen LogP contribution >= 0.6 is 22.6 Å². The van der Waals surface area contributed by atoms with Gasteiger partial charge in [-0.15, -0.1) is 0 Å². The highest BCUT2D eigenvalue weighted by molar-refractivity contribution is 14.1. The maximum Gasteiger partial charge on any atom is 0.339 e. The van der Waals surface area contributed by atoms with Gasteiger partial charge < -0.3 is 14.6 Å². The van der Waals surface area contributed by atoms with E-state index in [1.807, 2.05) is 18.2 Å². The van der Waals surface area contributed by atoms with Crippen LogP contribution in [0.25, 0.3) is 0 Å². The van der Waals surface area contributed by atoms with Crippen LogP contribution < -0.4 is 9.47 Å². The molecule has 0 bridgehead atoms. The first kappa shape index (κ1) is 13.7. The van der Waals surface area contributed by atoms with Gasteiger partial charge >= 0.3 is 5.97 Å². The standard InChI is InChI=1S/C14H11IO4/c1-18-9-6-7-10(14(16)17)13(8-9)19-12-5-3-2-4-11(12)15/h2-8H,1H3,(H,16,17). The van der Waals surface area contributed by atoms with Gasteiger partial charge in [-0.05, 0) is 46.9 Å². The molecule has 0 aliphatic heterocycles. The predicted octanol–water partition coefficient (Wildman–Crippen LogP) is 3.79. The predicted molar refractivity (Wildman–Crippen MR) is 79.2 cm³/mol. The number of hydrogen-bond donors (Lipinski definition) is 1. The van der Waals surface area contributed by atoms with Gasteiger partial charge in [0.15, 0.2) is 0 Å². The van der Waals surface area contributed by atoms with Crippen molar-refractivity contribution in [1.29, 1.82) is 0 Å². The molecule has 0 aliphatic carbocycles. The molecule has 0 amide bonds. The number of carbonyl (C=O) groups is 1. The van der Waals surface area contributed by atoms with Crippen molar-refractivity contribution in [2.75, 3.05) is 7.11 Å². The van der Waals surface area contributed by atoms with E-state index < -0.39 is 5.97 Å². The molecule has 0 unspecified atom stereocenters. The van der Waals surface area contributed by atoms with Gasteiger partial charge in [-0.1, -0.05) is 12.1 Å². The third-order valence-electron chi connectivity index (χ3n) is 2.48. The molecule has 2 aromatic rings. The Morgan fingerprint density at radius 2 is 1.89 bits per heavy atom. The Morgan fingerprint density at radius 1 is 1.16 bits per heavy atom. The fraction of sp³-hybridized carbons (Fsp3) is 0.0714. The lowest BCUT2D eigenvalue weighted by atomic mass is 10.2. The van der Waals surface area contributed by atoms with Crippen molar-refractivity contribution < 1.29 is 19.4 Å². The third kappa shape index (κ3) is 3.17. The minimum atomic E-state index is -1.04. The molecule has 0 radical (unpaired) electrons. The number of halogens is 1. The summed E-state index contributed by atoms with van der Waals surface area (Å²) in [6.07, 6.45) is 0. The molecule has 0 saturated carbocycles. The maximum absolute atomic E-state index is 11.2. The highest BCUT2D eigenvalue weighted by Gasteiger charge is 2.14. The van der Waals surface area contributed by atoms with Crippen LogP contribution in [-0.2, 0) is 0 Å². The van der Waals surface area contributed by atoms with Crippen LogP contribution in [0.3, 0.4) is 0 Å². The smallest absolute Gasteiger partial charge is 0.339 e. The summed E-state index contributed by atoms with van der Waals surface area (Å²) in [5.74, 6) is 0.379. The second-order valence-corrected chi connectivity index (χ2v) is 4.86. The zero-order chi connectivity index (χ0) is 13.8. The topological polar surface area (TPSA) is 55.8 Å². The molecule has 2 rings (SSSR count). The van der Waals surface area contributed by atoms with E-state index in [0.29, 0.717) is 11.5 Å². The maximum atomic E-state index is 11.2. The molecule has 0 heterocycles. The number of carboxylic acids is 1. The van der Waals surface area contributed by atoms with Gasteiger partial charge in [-0.25, -0.2) is 4.79 Å². The Hall–Kier alpha value is -1.76. The van der Waals surface area contributed by atoms with Crippen LogP contribution in [0.5, 0.6) is 17.2 Å². The van der Waals surface area contributed by atoms with E-state index in [1.54, 1.807) is 18.2 Å². The van der Waals surface area contributed by atoms with Crippen molar-refractivity contribution in [2.24, 2.45) is 0 Å². The summed E-state index contributed by atoms with van der Waals surface area (Å²) in [4.78, 5) is 11.2. The van der Waals surface area contributed by atoms with Gasteiger partial charge in [-0.3, -0.25) is 0 Å². The van der Waals surface area contributed by atoms with Crippen molar-refractivity contribution >= 4 is 28.6 Å². The van der Waals surface area contributed by atoms with E-state index in [4.69, 9.17) is 14.6 Å². The number of ether oxygens (including phenoxy) is 2. The first-order valence-corrected chi connectivity index (χ1v) is 6.53. The first-order chi connectivity index (χ1) is 9.11. The number of aromatic carboxylic acids is 1. The molecule has 0 aromatic heterocycles. The van der Waals surface area contributed by atoms with Crippen molar-refractivity contribution in [3.8, 4) is 17.2 Å². The molecular formula is C14H11IO4. The molecule has 1 N–H and O–H groups in total. The monoisotopic (exact) mass is 370 g/mol. The van der Waals surface area contributed by atoms with Crippen LogP contribution in [0.2, 0.25) is 0 Å². The van der Waals surface area contributed by atoms with Crippen molar-refractivity contribution in [3.63, 3.8) is 0 Å². The van der Waals surface area contributed by atoms with E-state index in [1.165, 1.54) is 13.2 Å². The molecule has 0 saturated heterocycles. The number of para-hydroxylation sites is 1. The summed E-state index contributed by atoms with van der Waals surface area (Å²) in [7, 11) is 1.52. The lowest BCUT2D eigenvalue weighted by Crippen LogP contribution is -2.01. The lowest BCUT2D eigenvalue weighted by molar-refractivity contribution is 0.0694. The molecule has 0 atom stereocenters. The molecule has 5 heteroatoms. The Labute approximate surface area is 124 Å². The summed E-state index contributed by atoms with van der Waals surface area (Å²) in [6.45, 7) is 0. The SMILES string of the molecule is COc1ccc(C(=O)O)c(Oc2ccccc2I)c1. The van der Waals surface area contributed by atoms with Crippen LogP contribution in [0, 0.1) is 3.57 Å². The van der Waals surface area contributed by atoms with E-state index in [-0.39, 0.29) is 11.3 Å². The summed E-state index contributed by atoms with van der Waals surface area (Å²) >= 11 is 2.13. The van der Waals surface area contributed by atoms with Gasteiger partial charge in [-0.2, -0.15) is 0 Å². The molecule has 0 aliphatic rings. The highest BCUT2D eigenvalue weighted by Crippen LogP contribution is 2.31. The minimum absolute atomic E-state index is 0.0976. The summed E-state index contributed by atoms with van der Waals surface area (Å²) in [6, 6.07) is 12.0. The van der Waals surface area contributed by atoms with Gasteiger partial charge in [0.25, 0.3) is 0 Å².